The summed E-state index contributed by atoms with van der Waals surface area (Å²) in [5, 5.41) is 7.13. The molecular weight excluding hydrogens is 404 g/mol. The lowest BCUT2D eigenvalue weighted by atomic mass is 10.1. The Balaban J connectivity index is 1.53. The Morgan fingerprint density at radius 3 is 2.70 bits per heavy atom. The summed E-state index contributed by atoms with van der Waals surface area (Å²) in [6.07, 6.45) is 3.30. The number of benzene rings is 1. The average molecular weight is 429 g/mol. The predicted molar refractivity (Wildman–Crippen MR) is 110 cm³/mol. The van der Waals surface area contributed by atoms with Crippen molar-refractivity contribution in [2.45, 2.75) is 44.3 Å². The molecule has 1 aliphatic rings. The van der Waals surface area contributed by atoms with E-state index in [4.69, 9.17) is 4.42 Å². The fourth-order valence-corrected chi connectivity index (χ4v) is 5.44. The molecule has 0 aliphatic carbocycles. The summed E-state index contributed by atoms with van der Waals surface area (Å²) in [7, 11) is -3.70. The number of nitrogens with zero attached hydrogens (tertiary/aromatic N) is 3. The molecule has 158 valence electrons. The van der Waals surface area contributed by atoms with Crippen molar-refractivity contribution < 1.29 is 17.6 Å². The first kappa shape index (κ1) is 20.4. The normalized spacial score (nSPS) is 16.9. The van der Waals surface area contributed by atoms with Gasteiger partial charge in [-0.25, -0.2) is 8.42 Å². The van der Waals surface area contributed by atoms with E-state index < -0.39 is 10.0 Å². The van der Waals surface area contributed by atoms with Crippen molar-refractivity contribution in [3.05, 3.63) is 71.4 Å². The minimum absolute atomic E-state index is 0.119. The van der Waals surface area contributed by atoms with Crippen LogP contribution < -0.4 is 5.32 Å². The quantitative estimate of drug-likeness (QED) is 0.651. The molecular formula is C21H24N4O4S. The van der Waals surface area contributed by atoms with Gasteiger partial charge in [-0.15, -0.1) is 0 Å². The summed E-state index contributed by atoms with van der Waals surface area (Å²) in [5.41, 5.74) is 2.55. The molecule has 1 N–H and O–H groups in total. The highest BCUT2D eigenvalue weighted by Crippen LogP contribution is 2.28. The van der Waals surface area contributed by atoms with Gasteiger partial charge in [-0.05, 0) is 55.3 Å². The molecule has 1 aromatic carbocycles. The molecule has 0 unspecified atom stereocenters. The van der Waals surface area contributed by atoms with E-state index in [1.165, 1.54) is 4.31 Å². The van der Waals surface area contributed by atoms with Crippen LogP contribution in [0.5, 0.6) is 0 Å². The van der Waals surface area contributed by atoms with Gasteiger partial charge in [0.2, 0.25) is 15.9 Å². The molecule has 0 saturated carbocycles. The molecule has 30 heavy (non-hydrogen) atoms. The van der Waals surface area contributed by atoms with Gasteiger partial charge in [0.25, 0.3) is 0 Å². The van der Waals surface area contributed by atoms with Crippen LogP contribution in [0, 0.1) is 13.8 Å². The molecule has 1 aliphatic heterocycles. The van der Waals surface area contributed by atoms with Crippen LogP contribution >= 0.6 is 0 Å². The van der Waals surface area contributed by atoms with Gasteiger partial charge in [-0.2, -0.15) is 9.40 Å². The number of sulfonamides is 1. The number of nitrogens with one attached hydrogen (secondary N) is 1. The monoisotopic (exact) mass is 428 g/mol. The van der Waals surface area contributed by atoms with Gasteiger partial charge < -0.3 is 9.73 Å². The van der Waals surface area contributed by atoms with Gasteiger partial charge in [-0.3, -0.25) is 9.48 Å². The van der Waals surface area contributed by atoms with Gasteiger partial charge in [0.1, 0.15) is 5.76 Å². The number of rotatable bonds is 6. The standard InChI is InChI=1S/C21H24N4O4S/c1-15-8-16(2)10-20(9-15)30(27,28)24-13-17-5-6-23-25(17)18(14-24)11-21(26)22-12-19-4-3-7-29-19/h3-10,18H,11-14H2,1-2H3,(H,22,26)/t18-/m0/s1. The number of aryl methyl sites for hydroxylation is 2. The van der Waals surface area contributed by atoms with Crippen LogP contribution in [0.3, 0.4) is 0 Å². The lowest BCUT2D eigenvalue weighted by Crippen LogP contribution is -2.42. The van der Waals surface area contributed by atoms with Crippen LogP contribution in [0.4, 0.5) is 0 Å². The van der Waals surface area contributed by atoms with E-state index in [-0.39, 0.29) is 42.9 Å². The third kappa shape index (κ3) is 4.17. The molecule has 4 rings (SSSR count). The van der Waals surface area contributed by atoms with Crippen molar-refractivity contribution in [3.8, 4) is 0 Å². The number of hydrogen-bond donors (Lipinski definition) is 1. The van der Waals surface area contributed by atoms with Crippen molar-refractivity contribution >= 4 is 15.9 Å². The highest BCUT2D eigenvalue weighted by molar-refractivity contribution is 7.89. The van der Waals surface area contributed by atoms with E-state index in [1.54, 1.807) is 47.5 Å². The molecule has 3 aromatic rings. The van der Waals surface area contributed by atoms with Gasteiger partial charge in [0, 0.05) is 12.7 Å². The van der Waals surface area contributed by atoms with Crippen LogP contribution in [0.15, 0.2) is 58.2 Å². The number of fused-ring (bicyclic) bond motifs is 1. The average Bonchev–Trinajstić information content (AvgIpc) is 3.37. The van der Waals surface area contributed by atoms with Crippen molar-refractivity contribution in [1.29, 1.82) is 0 Å². The minimum Gasteiger partial charge on any atom is -0.467 e. The molecule has 0 saturated heterocycles. The lowest BCUT2D eigenvalue weighted by molar-refractivity contribution is -0.122. The minimum atomic E-state index is -3.70. The van der Waals surface area contributed by atoms with Crippen molar-refractivity contribution in [2.75, 3.05) is 6.54 Å². The zero-order valence-corrected chi connectivity index (χ0v) is 17.7. The largest absolute Gasteiger partial charge is 0.467 e. The summed E-state index contributed by atoms with van der Waals surface area (Å²) in [6.45, 7) is 4.44. The maximum atomic E-state index is 13.3. The summed E-state index contributed by atoms with van der Waals surface area (Å²) in [5.74, 6) is 0.467. The van der Waals surface area contributed by atoms with Gasteiger partial charge >= 0.3 is 0 Å². The third-order valence-corrected chi connectivity index (χ3v) is 6.93. The molecule has 3 heterocycles. The number of aromatic nitrogens is 2. The molecule has 0 bridgehead atoms. The third-order valence-electron chi connectivity index (χ3n) is 5.14. The Labute approximate surface area is 175 Å². The topological polar surface area (TPSA) is 97.4 Å². The first-order valence-corrected chi connectivity index (χ1v) is 11.2. The predicted octanol–water partition coefficient (Wildman–Crippen LogP) is 2.55. The van der Waals surface area contributed by atoms with E-state index in [9.17, 15) is 13.2 Å². The second kappa shape index (κ2) is 8.08. The first-order chi connectivity index (χ1) is 14.3. The van der Waals surface area contributed by atoms with Crippen LogP contribution in [0.25, 0.3) is 0 Å². The van der Waals surface area contributed by atoms with Crippen LogP contribution in [-0.4, -0.2) is 35.0 Å². The van der Waals surface area contributed by atoms with E-state index in [1.807, 2.05) is 19.9 Å². The van der Waals surface area contributed by atoms with E-state index in [2.05, 4.69) is 10.4 Å². The lowest BCUT2D eigenvalue weighted by Gasteiger charge is -2.33. The van der Waals surface area contributed by atoms with Gasteiger partial charge in [0.15, 0.2) is 0 Å². The first-order valence-electron chi connectivity index (χ1n) is 9.73. The summed E-state index contributed by atoms with van der Waals surface area (Å²) < 4.78 is 35.0. The van der Waals surface area contributed by atoms with Crippen molar-refractivity contribution in [2.24, 2.45) is 0 Å². The molecule has 0 spiro atoms. The maximum Gasteiger partial charge on any atom is 0.243 e. The Morgan fingerprint density at radius 2 is 2.00 bits per heavy atom. The SMILES string of the molecule is Cc1cc(C)cc(S(=O)(=O)N2Cc3ccnn3[C@@H](CC(=O)NCc3ccco3)C2)c1. The van der Waals surface area contributed by atoms with Crippen LogP contribution in [0.1, 0.15) is 35.0 Å². The summed E-state index contributed by atoms with van der Waals surface area (Å²) in [4.78, 5) is 12.8. The molecule has 8 nitrogen and oxygen atoms in total. The molecule has 1 amide bonds. The molecule has 1 atom stereocenters. The number of hydrogen-bond acceptors (Lipinski definition) is 5. The smallest absolute Gasteiger partial charge is 0.243 e. The Hall–Kier alpha value is -2.91. The molecule has 9 heteroatoms. The zero-order valence-electron chi connectivity index (χ0n) is 16.9. The van der Waals surface area contributed by atoms with Crippen LogP contribution in [-0.2, 0) is 27.9 Å². The summed E-state index contributed by atoms with van der Waals surface area (Å²) in [6, 6.07) is 10.2. The van der Waals surface area contributed by atoms with E-state index >= 15 is 0 Å². The second-order valence-electron chi connectivity index (χ2n) is 7.60. The fraction of sp³-hybridized carbons (Fsp3) is 0.333. The van der Waals surface area contributed by atoms with Crippen molar-refractivity contribution in [1.82, 2.24) is 19.4 Å². The van der Waals surface area contributed by atoms with E-state index in [0.717, 1.165) is 16.8 Å². The Kier molecular flexibility index (Phi) is 5.48. The summed E-state index contributed by atoms with van der Waals surface area (Å²) >= 11 is 0. The zero-order chi connectivity index (χ0) is 21.3. The fourth-order valence-electron chi connectivity index (χ4n) is 3.80. The molecule has 0 radical (unpaired) electrons. The highest BCUT2D eigenvalue weighted by atomic mass is 32.2. The van der Waals surface area contributed by atoms with Gasteiger partial charge in [0.05, 0.1) is 42.4 Å². The number of carbonyl (C=O) groups excluding carboxylic acids is 1. The number of furan rings is 1. The van der Waals surface area contributed by atoms with Crippen LogP contribution in [0.2, 0.25) is 0 Å². The second-order valence-corrected chi connectivity index (χ2v) is 9.54. The molecule has 2 aromatic heterocycles. The Bertz CT molecular complexity index is 1130. The number of carbonyl (C=O) groups is 1. The molecule has 0 fully saturated rings. The van der Waals surface area contributed by atoms with Crippen molar-refractivity contribution in [3.63, 3.8) is 0 Å². The maximum absolute atomic E-state index is 13.3. The van der Waals surface area contributed by atoms with E-state index in [0.29, 0.717) is 5.76 Å². The highest BCUT2D eigenvalue weighted by Gasteiger charge is 2.34. The van der Waals surface area contributed by atoms with Gasteiger partial charge in [-0.1, -0.05) is 6.07 Å². The number of amides is 1. The Morgan fingerprint density at radius 1 is 1.23 bits per heavy atom.